The van der Waals surface area contributed by atoms with Gasteiger partial charge < -0.3 is 9.73 Å². The van der Waals surface area contributed by atoms with Crippen molar-refractivity contribution in [3.8, 4) is 0 Å². The molecule has 0 unspecified atom stereocenters. The average Bonchev–Trinajstić information content (AvgIpc) is 3.30. The SMILES string of the molecule is O=C(CCCn1c(=O)oc2cc([N+](=O)[O-])ccc21)Nc1nnc(C2CC2)s1. The first-order valence-electron chi connectivity index (χ1n) is 8.42. The fourth-order valence-electron chi connectivity index (χ4n) is 2.74. The number of rotatable bonds is 7. The molecule has 1 amide bonds. The number of carbonyl (C=O) groups is 1. The van der Waals surface area contributed by atoms with Crippen molar-refractivity contribution in [1.29, 1.82) is 0 Å². The Balaban J connectivity index is 1.36. The van der Waals surface area contributed by atoms with Crippen molar-refractivity contribution in [2.75, 3.05) is 5.32 Å². The van der Waals surface area contributed by atoms with Crippen LogP contribution in [0.2, 0.25) is 0 Å². The van der Waals surface area contributed by atoms with Gasteiger partial charge in [-0.25, -0.2) is 4.79 Å². The van der Waals surface area contributed by atoms with E-state index in [1.165, 1.54) is 34.1 Å². The van der Waals surface area contributed by atoms with Crippen LogP contribution in [0.5, 0.6) is 0 Å². The van der Waals surface area contributed by atoms with Gasteiger partial charge in [0.05, 0.1) is 16.5 Å². The fraction of sp³-hybridized carbons (Fsp3) is 0.375. The van der Waals surface area contributed by atoms with Gasteiger partial charge in [-0.3, -0.25) is 19.5 Å². The molecular formula is C16H15N5O5S. The molecule has 1 aromatic carbocycles. The lowest BCUT2D eigenvalue weighted by atomic mass is 10.2. The van der Waals surface area contributed by atoms with Crippen LogP contribution in [-0.4, -0.2) is 25.6 Å². The zero-order chi connectivity index (χ0) is 19.0. The molecule has 4 rings (SSSR count). The number of nitro benzene ring substituents is 1. The second-order valence-corrected chi connectivity index (χ2v) is 7.31. The standard InChI is InChI=1S/C16H15N5O5S/c22-13(17-15-19-18-14(27-15)9-3-4-9)2-1-7-20-11-6-5-10(21(24)25)8-12(11)26-16(20)23/h5-6,8-9H,1-4,7H2,(H,17,19,22). The normalized spacial score (nSPS) is 13.8. The summed E-state index contributed by atoms with van der Waals surface area (Å²) in [7, 11) is 0. The van der Waals surface area contributed by atoms with Crippen LogP contribution in [0.25, 0.3) is 11.1 Å². The van der Waals surface area contributed by atoms with Crippen LogP contribution >= 0.6 is 11.3 Å². The first-order chi connectivity index (χ1) is 13.0. The van der Waals surface area contributed by atoms with E-state index in [0.29, 0.717) is 23.0 Å². The van der Waals surface area contributed by atoms with Crippen molar-refractivity contribution in [3.05, 3.63) is 43.9 Å². The molecule has 10 nitrogen and oxygen atoms in total. The lowest BCUT2D eigenvalue weighted by molar-refractivity contribution is -0.384. The third-order valence-corrected chi connectivity index (χ3v) is 5.26. The topological polar surface area (TPSA) is 133 Å². The summed E-state index contributed by atoms with van der Waals surface area (Å²) >= 11 is 1.39. The van der Waals surface area contributed by atoms with E-state index in [4.69, 9.17) is 4.42 Å². The zero-order valence-electron chi connectivity index (χ0n) is 14.1. The molecule has 1 saturated carbocycles. The number of hydrogen-bond acceptors (Lipinski definition) is 8. The number of amides is 1. The summed E-state index contributed by atoms with van der Waals surface area (Å²) in [6, 6.07) is 4.00. The van der Waals surface area contributed by atoms with Gasteiger partial charge in [0.2, 0.25) is 11.0 Å². The summed E-state index contributed by atoms with van der Waals surface area (Å²) in [6.45, 7) is 0.264. The number of benzene rings is 1. The Morgan fingerprint density at radius 2 is 2.22 bits per heavy atom. The van der Waals surface area contributed by atoms with Gasteiger partial charge in [-0.05, 0) is 25.3 Å². The molecule has 1 fully saturated rings. The number of aromatic nitrogens is 3. The number of nitrogens with zero attached hydrogens (tertiary/aromatic N) is 4. The third kappa shape index (κ3) is 3.72. The van der Waals surface area contributed by atoms with E-state index in [0.717, 1.165) is 17.8 Å². The number of oxazole rings is 1. The zero-order valence-corrected chi connectivity index (χ0v) is 14.9. The maximum Gasteiger partial charge on any atom is 0.419 e. The van der Waals surface area contributed by atoms with E-state index in [9.17, 15) is 19.7 Å². The summed E-state index contributed by atoms with van der Waals surface area (Å²) in [5.74, 6) is -0.320. The highest BCUT2D eigenvalue weighted by Gasteiger charge is 2.27. The second-order valence-electron chi connectivity index (χ2n) is 6.30. The van der Waals surface area contributed by atoms with Crippen molar-refractivity contribution >= 4 is 39.2 Å². The number of anilines is 1. The van der Waals surface area contributed by atoms with E-state index in [2.05, 4.69) is 15.5 Å². The number of non-ortho nitro benzene ring substituents is 1. The molecule has 0 spiro atoms. The van der Waals surface area contributed by atoms with Gasteiger partial charge in [-0.15, -0.1) is 10.2 Å². The number of fused-ring (bicyclic) bond motifs is 1. The molecule has 140 valence electrons. The predicted molar refractivity (Wildman–Crippen MR) is 96.9 cm³/mol. The molecule has 1 N–H and O–H groups in total. The molecule has 0 aliphatic heterocycles. The Morgan fingerprint density at radius 3 is 2.96 bits per heavy atom. The monoisotopic (exact) mass is 389 g/mol. The van der Waals surface area contributed by atoms with Gasteiger partial charge in [-0.2, -0.15) is 0 Å². The van der Waals surface area contributed by atoms with E-state index in [1.807, 2.05) is 0 Å². The molecule has 0 atom stereocenters. The van der Waals surface area contributed by atoms with Gasteiger partial charge in [-0.1, -0.05) is 11.3 Å². The molecule has 1 aliphatic carbocycles. The van der Waals surface area contributed by atoms with Crippen LogP contribution in [-0.2, 0) is 11.3 Å². The van der Waals surface area contributed by atoms with E-state index in [-0.39, 0.29) is 30.1 Å². The molecule has 1 aliphatic rings. The Hall–Kier alpha value is -3.08. The Labute approximate surface area is 156 Å². The van der Waals surface area contributed by atoms with Crippen LogP contribution in [0.1, 0.15) is 36.6 Å². The second kappa shape index (κ2) is 6.91. The average molecular weight is 389 g/mol. The quantitative estimate of drug-likeness (QED) is 0.485. The Bertz CT molecular complexity index is 1080. The Morgan fingerprint density at radius 1 is 1.41 bits per heavy atom. The molecule has 0 radical (unpaired) electrons. The number of aryl methyl sites for hydroxylation is 1. The minimum atomic E-state index is -0.607. The summed E-state index contributed by atoms with van der Waals surface area (Å²) < 4.78 is 6.42. The van der Waals surface area contributed by atoms with E-state index < -0.39 is 10.7 Å². The molecule has 2 aromatic heterocycles. The number of carbonyl (C=O) groups excluding carboxylic acids is 1. The van der Waals surface area contributed by atoms with Crippen molar-refractivity contribution in [3.63, 3.8) is 0 Å². The van der Waals surface area contributed by atoms with Crippen molar-refractivity contribution < 1.29 is 14.1 Å². The molecule has 11 heteroatoms. The van der Waals surface area contributed by atoms with E-state index in [1.54, 1.807) is 0 Å². The fourth-order valence-corrected chi connectivity index (χ4v) is 3.67. The highest BCUT2D eigenvalue weighted by atomic mass is 32.1. The van der Waals surface area contributed by atoms with Crippen LogP contribution in [0.4, 0.5) is 10.8 Å². The number of nitrogens with one attached hydrogen (secondary N) is 1. The lowest BCUT2D eigenvalue weighted by Gasteiger charge is -2.03. The molecule has 3 aromatic rings. The minimum absolute atomic E-state index is 0.148. The van der Waals surface area contributed by atoms with Gasteiger partial charge in [0, 0.05) is 24.9 Å². The first kappa shape index (κ1) is 17.3. The maximum absolute atomic E-state index is 12.0. The van der Waals surface area contributed by atoms with Crippen LogP contribution < -0.4 is 11.1 Å². The van der Waals surface area contributed by atoms with Crippen molar-refractivity contribution in [2.45, 2.75) is 38.1 Å². The summed E-state index contributed by atoms with van der Waals surface area (Å²) in [4.78, 5) is 34.3. The van der Waals surface area contributed by atoms with Gasteiger partial charge in [0.25, 0.3) is 5.69 Å². The summed E-state index contributed by atoms with van der Waals surface area (Å²) in [5, 5.41) is 23.0. The lowest BCUT2D eigenvalue weighted by Crippen LogP contribution is -2.17. The van der Waals surface area contributed by atoms with Crippen LogP contribution in [0.15, 0.2) is 27.4 Å². The largest absolute Gasteiger partial charge is 0.419 e. The molecule has 0 bridgehead atoms. The van der Waals surface area contributed by atoms with E-state index >= 15 is 0 Å². The smallest absolute Gasteiger partial charge is 0.407 e. The maximum atomic E-state index is 12.0. The molecule has 27 heavy (non-hydrogen) atoms. The predicted octanol–water partition coefficient (Wildman–Crippen LogP) is 2.65. The summed E-state index contributed by atoms with van der Waals surface area (Å²) in [5.41, 5.74) is 0.467. The molecular weight excluding hydrogens is 374 g/mol. The Kier molecular flexibility index (Phi) is 4.44. The van der Waals surface area contributed by atoms with Gasteiger partial charge in [0.1, 0.15) is 5.01 Å². The highest BCUT2D eigenvalue weighted by Crippen LogP contribution is 2.42. The van der Waals surface area contributed by atoms with Gasteiger partial charge in [0.15, 0.2) is 5.58 Å². The summed E-state index contributed by atoms with van der Waals surface area (Å²) in [6.07, 6.45) is 2.86. The highest BCUT2D eigenvalue weighted by molar-refractivity contribution is 7.15. The molecule has 0 saturated heterocycles. The van der Waals surface area contributed by atoms with Crippen LogP contribution in [0, 0.1) is 10.1 Å². The third-order valence-electron chi connectivity index (χ3n) is 4.26. The van der Waals surface area contributed by atoms with Crippen molar-refractivity contribution in [2.24, 2.45) is 0 Å². The minimum Gasteiger partial charge on any atom is -0.407 e. The van der Waals surface area contributed by atoms with Crippen molar-refractivity contribution in [1.82, 2.24) is 14.8 Å². The number of hydrogen-bond donors (Lipinski definition) is 1. The first-order valence-corrected chi connectivity index (χ1v) is 9.24. The number of nitro groups is 1. The molecule has 2 heterocycles. The van der Waals surface area contributed by atoms with Crippen LogP contribution in [0.3, 0.4) is 0 Å². The van der Waals surface area contributed by atoms with Gasteiger partial charge >= 0.3 is 5.76 Å².